The first-order valence-corrected chi connectivity index (χ1v) is 9.82. The third-order valence-electron chi connectivity index (χ3n) is 3.90. The van der Waals surface area contributed by atoms with E-state index in [-0.39, 0.29) is 17.0 Å². The molecule has 1 amide bonds. The second-order valence-corrected chi connectivity index (χ2v) is 7.03. The van der Waals surface area contributed by atoms with Crippen molar-refractivity contribution >= 4 is 40.5 Å². The Labute approximate surface area is 179 Å². The maximum Gasteiger partial charge on any atom is 0.387 e. The number of esters is 1. The van der Waals surface area contributed by atoms with Crippen LogP contribution in [0.1, 0.15) is 10.4 Å². The van der Waals surface area contributed by atoms with Gasteiger partial charge < -0.3 is 14.8 Å². The van der Waals surface area contributed by atoms with Gasteiger partial charge in [-0.1, -0.05) is 30.3 Å². The third kappa shape index (κ3) is 6.45. The third-order valence-corrected chi connectivity index (χ3v) is 4.80. The highest BCUT2D eigenvalue weighted by atomic mass is 32.1. The van der Waals surface area contributed by atoms with Gasteiger partial charge in [0.05, 0.1) is 11.3 Å². The first-order chi connectivity index (χ1) is 14.9. The van der Waals surface area contributed by atoms with E-state index in [0.29, 0.717) is 10.4 Å². The molecule has 0 unspecified atom stereocenters. The van der Waals surface area contributed by atoms with Gasteiger partial charge in [0.15, 0.2) is 6.61 Å². The van der Waals surface area contributed by atoms with Crippen LogP contribution in [0.5, 0.6) is 5.75 Å². The molecular formula is C22H16F3NO4S. The van der Waals surface area contributed by atoms with Crippen molar-refractivity contribution in [3.8, 4) is 5.75 Å². The van der Waals surface area contributed by atoms with Crippen LogP contribution in [0.4, 0.5) is 18.9 Å². The van der Waals surface area contributed by atoms with Gasteiger partial charge in [0.2, 0.25) is 0 Å². The van der Waals surface area contributed by atoms with Crippen molar-refractivity contribution in [2.24, 2.45) is 0 Å². The molecule has 0 saturated heterocycles. The Morgan fingerprint density at radius 3 is 2.45 bits per heavy atom. The van der Waals surface area contributed by atoms with Gasteiger partial charge in [0.1, 0.15) is 11.6 Å². The minimum Gasteiger partial charge on any atom is -0.452 e. The smallest absolute Gasteiger partial charge is 0.387 e. The van der Waals surface area contributed by atoms with Crippen LogP contribution in [0.2, 0.25) is 0 Å². The fourth-order valence-corrected chi connectivity index (χ4v) is 3.28. The van der Waals surface area contributed by atoms with Crippen molar-refractivity contribution in [1.82, 2.24) is 0 Å². The summed E-state index contributed by atoms with van der Waals surface area (Å²) in [7, 11) is 0. The molecule has 1 aromatic heterocycles. The largest absolute Gasteiger partial charge is 0.452 e. The summed E-state index contributed by atoms with van der Waals surface area (Å²) in [6.07, 6.45) is 1.53. The standard InChI is InChI=1S/C22H16F3NO4S/c23-15-9-7-14(8-10-15)12-16(19-6-3-11-31-19)21(28)29-13-20(27)26-17-4-1-2-5-18(17)30-22(24)25/h1-12,22H,13H2,(H,26,27)/b16-12+. The van der Waals surface area contributed by atoms with E-state index in [9.17, 15) is 22.8 Å². The van der Waals surface area contributed by atoms with Crippen LogP contribution < -0.4 is 10.1 Å². The molecule has 0 aliphatic heterocycles. The van der Waals surface area contributed by atoms with Crippen LogP contribution in [0, 0.1) is 5.82 Å². The summed E-state index contributed by atoms with van der Waals surface area (Å²) in [6, 6.07) is 14.6. The van der Waals surface area contributed by atoms with Gasteiger partial charge in [0.25, 0.3) is 5.91 Å². The molecule has 1 heterocycles. The van der Waals surface area contributed by atoms with Gasteiger partial charge >= 0.3 is 12.6 Å². The lowest BCUT2D eigenvalue weighted by Crippen LogP contribution is -2.21. The summed E-state index contributed by atoms with van der Waals surface area (Å²) in [5.41, 5.74) is 0.782. The van der Waals surface area contributed by atoms with Crippen LogP contribution >= 0.6 is 11.3 Å². The van der Waals surface area contributed by atoms with Crippen molar-refractivity contribution < 1.29 is 32.2 Å². The average Bonchev–Trinajstić information content (AvgIpc) is 3.27. The lowest BCUT2D eigenvalue weighted by atomic mass is 10.1. The Morgan fingerprint density at radius 2 is 1.77 bits per heavy atom. The summed E-state index contributed by atoms with van der Waals surface area (Å²) >= 11 is 1.29. The van der Waals surface area contributed by atoms with E-state index in [4.69, 9.17) is 4.74 Å². The number of rotatable bonds is 8. The number of nitrogens with one attached hydrogen (secondary N) is 1. The zero-order valence-corrected chi connectivity index (χ0v) is 16.7. The number of anilines is 1. The lowest BCUT2D eigenvalue weighted by Gasteiger charge is -2.12. The SMILES string of the molecule is O=C(COC(=O)/C(=C/c1ccc(F)cc1)c1cccs1)Nc1ccccc1OC(F)F. The Hall–Kier alpha value is -3.59. The number of carbonyl (C=O) groups excluding carboxylic acids is 2. The van der Waals surface area contributed by atoms with Crippen LogP contribution in [-0.2, 0) is 14.3 Å². The van der Waals surface area contributed by atoms with Gasteiger partial charge in [-0.15, -0.1) is 11.3 Å². The molecule has 3 aromatic rings. The number of hydrogen-bond acceptors (Lipinski definition) is 5. The van der Waals surface area contributed by atoms with Crippen LogP contribution in [0.3, 0.4) is 0 Å². The van der Waals surface area contributed by atoms with Crippen molar-refractivity contribution in [3.63, 3.8) is 0 Å². The first-order valence-electron chi connectivity index (χ1n) is 8.94. The van der Waals surface area contributed by atoms with Gasteiger partial charge in [-0.3, -0.25) is 4.79 Å². The number of alkyl halides is 2. The van der Waals surface area contributed by atoms with E-state index in [0.717, 1.165) is 0 Å². The Bertz CT molecular complexity index is 1070. The van der Waals surface area contributed by atoms with Gasteiger partial charge in [-0.25, -0.2) is 9.18 Å². The number of thiophene rings is 1. The summed E-state index contributed by atoms with van der Waals surface area (Å²) < 4.78 is 47.6. The maximum absolute atomic E-state index is 13.1. The van der Waals surface area contributed by atoms with Crippen molar-refractivity contribution in [3.05, 3.63) is 82.3 Å². The molecule has 5 nitrogen and oxygen atoms in total. The van der Waals surface area contributed by atoms with Crippen molar-refractivity contribution in [2.45, 2.75) is 6.61 Å². The van der Waals surface area contributed by atoms with E-state index in [1.165, 1.54) is 65.9 Å². The molecule has 160 valence electrons. The molecule has 3 rings (SSSR count). The monoisotopic (exact) mass is 447 g/mol. The number of para-hydroxylation sites is 2. The fraction of sp³-hybridized carbons (Fsp3) is 0.0909. The molecule has 2 aromatic carbocycles. The Kier molecular flexibility index (Phi) is 7.45. The molecule has 0 saturated carbocycles. The number of halogens is 3. The highest BCUT2D eigenvalue weighted by Crippen LogP contribution is 2.26. The second kappa shape index (κ2) is 10.4. The summed E-state index contributed by atoms with van der Waals surface area (Å²) in [4.78, 5) is 25.4. The Morgan fingerprint density at radius 1 is 1.03 bits per heavy atom. The van der Waals surface area contributed by atoms with E-state index in [1.807, 2.05) is 0 Å². The molecule has 31 heavy (non-hydrogen) atoms. The zero-order valence-electron chi connectivity index (χ0n) is 15.9. The highest BCUT2D eigenvalue weighted by molar-refractivity contribution is 7.11. The first kappa shape index (κ1) is 22.1. The molecule has 9 heteroatoms. The van der Waals surface area contributed by atoms with E-state index in [1.54, 1.807) is 17.5 Å². The number of benzene rings is 2. The van der Waals surface area contributed by atoms with E-state index >= 15 is 0 Å². The normalized spacial score (nSPS) is 11.3. The number of carbonyl (C=O) groups is 2. The molecule has 0 atom stereocenters. The molecule has 0 aliphatic carbocycles. The molecule has 0 spiro atoms. The molecule has 0 bridgehead atoms. The van der Waals surface area contributed by atoms with E-state index < -0.39 is 30.9 Å². The quantitative estimate of drug-likeness (QED) is 0.380. The van der Waals surface area contributed by atoms with Crippen molar-refractivity contribution in [1.29, 1.82) is 0 Å². The minimum atomic E-state index is -3.05. The fourth-order valence-electron chi connectivity index (χ4n) is 2.55. The molecule has 0 radical (unpaired) electrons. The van der Waals surface area contributed by atoms with Crippen molar-refractivity contribution in [2.75, 3.05) is 11.9 Å². The molecule has 0 aliphatic rings. The molecular weight excluding hydrogens is 431 g/mol. The topological polar surface area (TPSA) is 64.6 Å². The highest BCUT2D eigenvalue weighted by Gasteiger charge is 2.18. The van der Waals surface area contributed by atoms with Gasteiger partial charge in [0, 0.05) is 4.88 Å². The van der Waals surface area contributed by atoms with Gasteiger partial charge in [-0.05, 0) is 47.4 Å². The minimum absolute atomic E-state index is 0.0178. The lowest BCUT2D eigenvalue weighted by molar-refractivity contribution is -0.141. The number of hydrogen-bond donors (Lipinski definition) is 1. The number of amides is 1. The summed E-state index contributed by atoms with van der Waals surface area (Å²) in [5, 5.41) is 4.14. The molecule has 1 N–H and O–H groups in total. The van der Waals surface area contributed by atoms with Crippen LogP contribution in [-0.4, -0.2) is 25.1 Å². The van der Waals surface area contributed by atoms with Gasteiger partial charge in [-0.2, -0.15) is 8.78 Å². The van der Waals surface area contributed by atoms with Crippen LogP contribution in [0.25, 0.3) is 11.6 Å². The van der Waals surface area contributed by atoms with E-state index in [2.05, 4.69) is 10.1 Å². The number of ether oxygens (including phenoxy) is 2. The average molecular weight is 447 g/mol. The second-order valence-electron chi connectivity index (χ2n) is 6.09. The van der Waals surface area contributed by atoms with Crippen LogP contribution in [0.15, 0.2) is 66.0 Å². The maximum atomic E-state index is 13.1. The molecule has 0 fully saturated rings. The summed E-state index contributed by atoms with van der Waals surface area (Å²) in [6.45, 7) is -3.70. The predicted molar refractivity (Wildman–Crippen MR) is 111 cm³/mol. The Balaban J connectivity index is 1.69. The summed E-state index contributed by atoms with van der Waals surface area (Å²) in [5.74, 6) is -2.12. The zero-order chi connectivity index (χ0) is 22.2. The predicted octanol–water partition coefficient (Wildman–Crippen LogP) is 5.21.